The molecular formula is C42H28N2. The second-order valence-corrected chi connectivity index (χ2v) is 12.8. The van der Waals surface area contributed by atoms with Gasteiger partial charge in [0.25, 0.3) is 0 Å². The van der Waals surface area contributed by atoms with Gasteiger partial charge in [0, 0.05) is 38.7 Å². The van der Waals surface area contributed by atoms with E-state index in [1.54, 1.807) is 0 Å². The molecule has 2 aliphatic carbocycles. The summed E-state index contributed by atoms with van der Waals surface area (Å²) in [5, 5.41) is 4.96. The van der Waals surface area contributed by atoms with E-state index in [0.29, 0.717) is 0 Å². The number of aromatic nitrogens is 2. The summed E-state index contributed by atoms with van der Waals surface area (Å²) in [6.45, 7) is 4.70. The number of rotatable bonds is 2. The normalized spacial score (nSPS) is 13.9. The molecular weight excluding hydrogens is 532 g/mol. The first kappa shape index (κ1) is 24.0. The molecule has 0 saturated heterocycles. The average molecular weight is 561 g/mol. The molecule has 2 aliphatic rings. The second-order valence-electron chi connectivity index (χ2n) is 12.8. The Labute approximate surface area is 255 Å². The summed E-state index contributed by atoms with van der Waals surface area (Å²) in [6, 6.07) is 46.9. The van der Waals surface area contributed by atoms with Crippen LogP contribution in [0.25, 0.3) is 82.9 Å². The maximum absolute atomic E-state index is 5.17. The molecule has 0 aliphatic heterocycles. The molecule has 0 bridgehead atoms. The van der Waals surface area contributed by atoms with Gasteiger partial charge in [0.05, 0.1) is 11.0 Å². The first-order valence-electron chi connectivity index (χ1n) is 15.4. The maximum atomic E-state index is 5.17. The Morgan fingerprint density at radius 3 is 2.11 bits per heavy atom. The fourth-order valence-electron chi connectivity index (χ4n) is 8.11. The van der Waals surface area contributed by atoms with Gasteiger partial charge in [-0.15, -0.1) is 0 Å². The van der Waals surface area contributed by atoms with Crippen LogP contribution in [0, 0.1) is 0 Å². The van der Waals surface area contributed by atoms with Crippen LogP contribution in [-0.4, -0.2) is 9.55 Å². The van der Waals surface area contributed by atoms with Crippen LogP contribution in [0.15, 0.2) is 134 Å². The van der Waals surface area contributed by atoms with Crippen LogP contribution in [0.1, 0.15) is 25.0 Å². The molecule has 44 heavy (non-hydrogen) atoms. The molecule has 0 radical (unpaired) electrons. The molecule has 2 heterocycles. The predicted molar refractivity (Wildman–Crippen MR) is 184 cm³/mol. The molecule has 0 spiro atoms. The van der Waals surface area contributed by atoms with Gasteiger partial charge in [-0.3, -0.25) is 4.57 Å². The topological polar surface area (TPSA) is 17.8 Å². The number of hydrogen-bond donors (Lipinski definition) is 0. The van der Waals surface area contributed by atoms with Crippen molar-refractivity contribution in [3.8, 4) is 50.3 Å². The van der Waals surface area contributed by atoms with Gasteiger partial charge in [-0.1, -0.05) is 117 Å². The summed E-state index contributed by atoms with van der Waals surface area (Å²) in [6.07, 6.45) is 2.04. The van der Waals surface area contributed by atoms with Crippen LogP contribution in [0.5, 0.6) is 0 Å². The minimum absolute atomic E-state index is 0.0262. The van der Waals surface area contributed by atoms with Crippen LogP contribution in [0.3, 0.4) is 0 Å². The Bertz CT molecular complexity index is 2530. The van der Waals surface area contributed by atoms with Crippen molar-refractivity contribution < 1.29 is 0 Å². The monoisotopic (exact) mass is 560 g/mol. The van der Waals surface area contributed by atoms with E-state index in [9.17, 15) is 0 Å². The van der Waals surface area contributed by atoms with E-state index in [-0.39, 0.29) is 5.41 Å². The number of para-hydroxylation sites is 1. The van der Waals surface area contributed by atoms with E-state index in [2.05, 4.69) is 146 Å². The van der Waals surface area contributed by atoms with Crippen molar-refractivity contribution in [1.29, 1.82) is 0 Å². The van der Waals surface area contributed by atoms with Crippen molar-refractivity contribution in [2.75, 3.05) is 0 Å². The zero-order chi connectivity index (χ0) is 29.2. The lowest BCUT2D eigenvalue weighted by Gasteiger charge is -2.22. The van der Waals surface area contributed by atoms with Gasteiger partial charge >= 0.3 is 0 Å². The Hall–Kier alpha value is -5.47. The minimum Gasteiger partial charge on any atom is -0.293 e. The lowest BCUT2D eigenvalue weighted by molar-refractivity contribution is 0.660. The highest BCUT2D eigenvalue weighted by Crippen LogP contribution is 2.51. The van der Waals surface area contributed by atoms with Crippen LogP contribution in [-0.2, 0) is 5.41 Å². The van der Waals surface area contributed by atoms with Gasteiger partial charge in [-0.2, -0.15) is 0 Å². The summed E-state index contributed by atoms with van der Waals surface area (Å²) in [5.74, 6) is 0.992. The molecule has 0 saturated carbocycles. The van der Waals surface area contributed by atoms with Crippen molar-refractivity contribution in [2.45, 2.75) is 19.3 Å². The number of hydrogen-bond acceptors (Lipinski definition) is 1. The Balaban J connectivity index is 1.21. The highest BCUT2D eigenvalue weighted by molar-refractivity contribution is 6.18. The van der Waals surface area contributed by atoms with E-state index in [1.165, 1.54) is 88.2 Å². The fourth-order valence-corrected chi connectivity index (χ4v) is 8.11. The highest BCUT2D eigenvalue weighted by atomic mass is 15.1. The molecule has 0 N–H and O–H groups in total. The van der Waals surface area contributed by atoms with Crippen molar-refractivity contribution in [3.05, 3.63) is 145 Å². The summed E-state index contributed by atoms with van der Waals surface area (Å²) in [5.41, 5.74) is 15.4. The molecule has 0 amide bonds. The van der Waals surface area contributed by atoms with Gasteiger partial charge in [0.1, 0.15) is 5.82 Å². The van der Waals surface area contributed by atoms with Crippen molar-refractivity contribution in [2.24, 2.45) is 0 Å². The predicted octanol–water partition coefficient (Wildman–Crippen LogP) is 11.0. The number of benzene rings is 6. The summed E-state index contributed by atoms with van der Waals surface area (Å²) < 4.78 is 2.38. The summed E-state index contributed by atoms with van der Waals surface area (Å²) in [4.78, 5) is 5.17. The lowest BCUT2D eigenvalue weighted by atomic mass is 9.81. The minimum atomic E-state index is -0.0262. The average Bonchev–Trinajstić information content (AvgIpc) is 3.66. The first-order chi connectivity index (χ1) is 21.6. The van der Waals surface area contributed by atoms with Crippen molar-refractivity contribution in [1.82, 2.24) is 9.55 Å². The maximum Gasteiger partial charge on any atom is 0.146 e. The third-order valence-electron chi connectivity index (χ3n) is 10.2. The molecule has 2 aromatic heterocycles. The molecule has 2 nitrogen and oxygen atoms in total. The largest absolute Gasteiger partial charge is 0.293 e. The molecule has 2 heteroatoms. The van der Waals surface area contributed by atoms with Gasteiger partial charge in [0.15, 0.2) is 0 Å². The third-order valence-corrected chi connectivity index (χ3v) is 10.2. The van der Waals surface area contributed by atoms with Gasteiger partial charge in [-0.25, -0.2) is 4.98 Å². The van der Waals surface area contributed by atoms with E-state index in [1.807, 2.05) is 6.20 Å². The smallest absolute Gasteiger partial charge is 0.146 e. The molecule has 10 rings (SSSR count). The number of pyridine rings is 1. The zero-order valence-corrected chi connectivity index (χ0v) is 24.6. The Kier molecular flexibility index (Phi) is 4.55. The number of nitrogens with zero attached hydrogens (tertiary/aromatic N) is 2. The summed E-state index contributed by atoms with van der Waals surface area (Å²) >= 11 is 0. The zero-order valence-electron chi connectivity index (χ0n) is 24.6. The standard InChI is InChI=1S/C42H28N2/c1-42(2)35-16-7-5-12-29(35)30-20-18-26(23-36(30)42)25-19-21-38-34(22-25)31-13-6-8-17-37(31)44(38)41-40-33-14-4-3-11-28(33)32-15-9-10-27(24-43-41)39(32)40/h3-24H,1-2H3. The molecule has 206 valence electrons. The van der Waals surface area contributed by atoms with E-state index >= 15 is 0 Å². The highest BCUT2D eigenvalue weighted by Gasteiger charge is 2.35. The van der Waals surface area contributed by atoms with Gasteiger partial charge in [0.2, 0.25) is 0 Å². The third kappa shape index (κ3) is 2.97. The second kappa shape index (κ2) is 8.33. The van der Waals surface area contributed by atoms with Crippen molar-refractivity contribution in [3.63, 3.8) is 0 Å². The molecule has 6 aromatic carbocycles. The summed E-state index contributed by atoms with van der Waals surface area (Å²) in [7, 11) is 0. The number of fused-ring (bicyclic) bond motifs is 9. The van der Waals surface area contributed by atoms with Gasteiger partial charge < -0.3 is 0 Å². The first-order valence-corrected chi connectivity index (χ1v) is 15.4. The van der Waals surface area contributed by atoms with E-state index in [4.69, 9.17) is 4.98 Å². The van der Waals surface area contributed by atoms with Crippen molar-refractivity contribution >= 4 is 32.6 Å². The van der Waals surface area contributed by atoms with Crippen LogP contribution >= 0.6 is 0 Å². The molecule has 0 unspecified atom stereocenters. The van der Waals surface area contributed by atoms with Crippen LogP contribution in [0.4, 0.5) is 0 Å². The molecule has 0 atom stereocenters. The van der Waals surface area contributed by atoms with Crippen LogP contribution in [0.2, 0.25) is 0 Å². The van der Waals surface area contributed by atoms with E-state index < -0.39 is 0 Å². The quantitative estimate of drug-likeness (QED) is 0.206. The fraction of sp³-hybridized carbons (Fsp3) is 0.0714. The Morgan fingerprint density at radius 2 is 1.20 bits per heavy atom. The van der Waals surface area contributed by atoms with E-state index in [0.717, 1.165) is 5.82 Å². The molecule has 8 aromatic rings. The van der Waals surface area contributed by atoms with Gasteiger partial charge in [-0.05, 0) is 74.3 Å². The lowest BCUT2D eigenvalue weighted by Crippen LogP contribution is -2.14. The van der Waals surface area contributed by atoms with Crippen LogP contribution < -0.4 is 0 Å². The molecule has 0 fully saturated rings. The Morgan fingerprint density at radius 1 is 0.523 bits per heavy atom. The SMILES string of the molecule is CC1(C)c2ccccc2-c2ccc(-c3ccc4c(c3)c3ccccc3n4-c3ncc4cccc5c4c3-c3ccccc3-5)cc21.